The molecule has 86 valence electrons. The summed E-state index contributed by atoms with van der Waals surface area (Å²) in [6.07, 6.45) is 0.693. The predicted molar refractivity (Wildman–Crippen MR) is 60.3 cm³/mol. The lowest BCUT2D eigenvalue weighted by atomic mass is 9.77. The van der Waals surface area contributed by atoms with Crippen molar-refractivity contribution in [3.05, 3.63) is 35.4 Å². The lowest BCUT2D eigenvalue weighted by molar-refractivity contribution is -0.153. The van der Waals surface area contributed by atoms with Crippen LogP contribution in [0.5, 0.6) is 0 Å². The molecule has 0 spiro atoms. The summed E-state index contributed by atoms with van der Waals surface area (Å²) in [4.78, 5) is 11.4. The standard InChI is InChI=1S/C13H16O3/c1-3-13(2)11(12(14)15)10-7-5-4-6-9(10)8-16-13/h4-7,11H,3,8H2,1-2H3,(H,14,15). The second-order valence-electron chi connectivity index (χ2n) is 4.42. The number of hydrogen-bond acceptors (Lipinski definition) is 2. The van der Waals surface area contributed by atoms with Crippen LogP contribution in [0.3, 0.4) is 0 Å². The summed E-state index contributed by atoms with van der Waals surface area (Å²) in [5.74, 6) is -1.38. The Hall–Kier alpha value is -1.35. The highest BCUT2D eigenvalue weighted by Gasteiger charge is 2.43. The Kier molecular flexibility index (Phi) is 2.72. The maximum absolute atomic E-state index is 11.4. The molecule has 0 amide bonds. The molecule has 0 fully saturated rings. The number of carboxylic acid groups (broad SMARTS) is 1. The number of fused-ring (bicyclic) bond motifs is 1. The molecule has 0 saturated carbocycles. The quantitative estimate of drug-likeness (QED) is 0.833. The highest BCUT2D eigenvalue weighted by Crippen LogP contribution is 2.40. The minimum absolute atomic E-state index is 0.504. The molecule has 3 heteroatoms. The van der Waals surface area contributed by atoms with Gasteiger partial charge in [-0.3, -0.25) is 4.79 Å². The third-order valence-electron chi connectivity index (χ3n) is 3.48. The van der Waals surface area contributed by atoms with Gasteiger partial charge < -0.3 is 9.84 Å². The van der Waals surface area contributed by atoms with E-state index in [-0.39, 0.29) is 0 Å². The summed E-state index contributed by atoms with van der Waals surface area (Å²) in [6.45, 7) is 4.34. The van der Waals surface area contributed by atoms with E-state index in [1.54, 1.807) is 0 Å². The Labute approximate surface area is 95.0 Å². The molecule has 0 saturated heterocycles. The molecule has 1 aromatic carbocycles. The fourth-order valence-electron chi connectivity index (χ4n) is 2.30. The summed E-state index contributed by atoms with van der Waals surface area (Å²) in [5.41, 5.74) is 1.28. The van der Waals surface area contributed by atoms with Crippen molar-refractivity contribution in [1.82, 2.24) is 0 Å². The normalized spacial score (nSPS) is 28.5. The third kappa shape index (κ3) is 1.61. The lowest BCUT2D eigenvalue weighted by Crippen LogP contribution is -2.43. The molecule has 0 bridgehead atoms. The monoisotopic (exact) mass is 220 g/mol. The summed E-state index contributed by atoms with van der Waals surface area (Å²) in [5, 5.41) is 9.37. The first-order valence-electron chi connectivity index (χ1n) is 5.53. The van der Waals surface area contributed by atoms with E-state index < -0.39 is 17.5 Å². The minimum Gasteiger partial charge on any atom is -0.481 e. The van der Waals surface area contributed by atoms with Crippen LogP contribution in [0.2, 0.25) is 0 Å². The van der Waals surface area contributed by atoms with E-state index in [2.05, 4.69) is 0 Å². The lowest BCUT2D eigenvalue weighted by Gasteiger charge is -2.39. The van der Waals surface area contributed by atoms with Crippen LogP contribution in [0.4, 0.5) is 0 Å². The fraction of sp³-hybridized carbons (Fsp3) is 0.462. The Morgan fingerprint density at radius 2 is 2.25 bits per heavy atom. The van der Waals surface area contributed by atoms with Gasteiger partial charge in [-0.25, -0.2) is 0 Å². The zero-order valence-electron chi connectivity index (χ0n) is 9.56. The van der Waals surface area contributed by atoms with Crippen LogP contribution < -0.4 is 0 Å². The van der Waals surface area contributed by atoms with Gasteiger partial charge in [0.1, 0.15) is 5.92 Å². The van der Waals surface area contributed by atoms with E-state index in [0.717, 1.165) is 11.1 Å². The second kappa shape index (κ2) is 3.91. The summed E-state index contributed by atoms with van der Waals surface area (Å²) in [7, 11) is 0. The van der Waals surface area contributed by atoms with Crippen molar-refractivity contribution >= 4 is 5.97 Å². The average Bonchev–Trinajstić information content (AvgIpc) is 2.28. The van der Waals surface area contributed by atoms with E-state index in [1.807, 2.05) is 38.1 Å². The zero-order valence-corrected chi connectivity index (χ0v) is 9.56. The van der Waals surface area contributed by atoms with Gasteiger partial charge in [0.05, 0.1) is 12.2 Å². The van der Waals surface area contributed by atoms with Crippen LogP contribution >= 0.6 is 0 Å². The van der Waals surface area contributed by atoms with Crippen molar-refractivity contribution in [2.75, 3.05) is 0 Å². The summed E-state index contributed by atoms with van der Waals surface area (Å²) >= 11 is 0. The summed E-state index contributed by atoms with van der Waals surface area (Å²) in [6, 6.07) is 7.62. The van der Waals surface area contributed by atoms with E-state index >= 15 is 0 Å². The SMILES string of the molecule is CCC1(C)OCc2ccccc2C1C(=O)O. The maximum atomic E-state index is 11.4. The number of carboxylic acids is 1. The molecule has 0 radical (unpaired) electrons. The van der Waals surface area contributed by atoms with Gasteiger partial charge in [0.2, 0.25) is 0 Å². The van der Waals surface area contributed by atoms with E-state index in [0.29, 0.717) is 13.0 Å². The van der Waals surface area contributed by atoms with Gasteiger partial charge in [-0.2, -0.15) is 0 Å². The number of aliphatic carboxylic acids is 1. The first-order valence-corrected chi connectivity index (χ1v) is 5.53. The molecule has 16 heavy (non-hydrogen) atoms. The Balaban J connectivity index is 2.52. The van der Waals surface area contributed by atoms with Crippen molar-refractivity contribution in [3.63, 3.8) is 0 Å². The van der Waals surface area contributed by atoms with Crippen molar-refractivity contribution in [1.29, 1.82) is 0 Å². The zero-order chi connectivity index (χ0) is 11.8. The highest BCUT2D eigenvalue weighted by atomic mass is 16.5. The van der Waals surface area contributed by atoms with Gasteiger partial charge in [-0.1, -0.05) is 31.2 Å². The number of hydrogen-bond donors (Lipinski definition) is 1. The molecular weight excluding hydrogens is 204 g/mol. The summed E-state index contributed by atoms with van der Waals surface area (Å²) < 4.78 is 5.73. The number of benzene rings is 1. The molecule has 0 aliphatic carbocycles. The number of ether oxygens (including phenoxy) is 1. The first-order chi connectivity index (χ1) is 7.58. The van der Waals surface area contributed by atoms with Gasteiger partial charge in [-0.15, -0.1) is 0 Å². The van der Waals surface area contributed by atoms with E-state index in [1.165, 1.54) is 0 Å². The molecular formula is C13H16O3. The average molecular weight is 220 g/mol. The Morgan fingerprint density at radius 1 is 1.56 bits per heavy atom. The van der Waals surface area contributed by atoms with Gasteiger partial charge >= 0.3 is 5.97 Å². The molecule has 1 aliphatic rings. The van der Waals surface area contributed by atoms with Crippen molar-refractivity contribution in [2.45, 2.75) is 38.4 Å². The molecule has 2 atom stereocenters. The van der Waals surface area contributed by atoms with Crippen LogP contribution in [-0.4, -0.2) is 16.7 Å². The molecule has 1 aromatic rings. The minimum atomic E-state index is -0.809. The van der Waals surface area contributed by atoms with Gasteiger partial charge in [0, 0.05) is 0 Å². The first kappa shape index (κ1) is 11.1. The van der Waals surface area contributed by atoms with Crippen LogP contribution in [0, 0.1) is 0 Å². The van der Waals surface area contributed by atoms with Crippen LogP contribution in [0.15, 0.2) is 24.3 Å². The van der Waals surface area contributed by atoms with Gasteiger partial charge in [0.25, 0.3) is 0 Å². The molecule has 0 aromatic heterocycles. The van der Waals surface area contributed by atoms with Crippen LogP contribution in [0.25, 0.3) is 0 Å². The van der Waals surface area contributed by atoms with Crippen molar-refractivity contribution in [3.8, 4) is 0 Å². The van der Waals surface area contributed by atoms with Crippen LogP contribution in [0.1, 0.15) is 37.3 Å². The molecule has 3 nitrogen and oxygen atoms in total. The third-order valence-corrected chi connectivity index (χ3v) is 3.48. The molecule has 1 N–H and O–H groups in total. The van der Waals surface area contributed by atoms with Crippen LogP contribution in [-0.2, 0) is 16.1 Å². The largest absolute Gasteiger partial charge is 0.481 e. The van der Waals surface area contributed by atoms with Crippen molar-refractivity contribution in [2.24, 2.45) is 0 Å². The Morgan fingerprint density at radius 3 is 2.88 bits per heavy atom. The number of carbonyl (C=O) groups is 1. The smallest absolute Gasteiger partial charge is 0.313 e. The Bertz CT molecular complexity index is 413. The molecule has 1 heterocycles. The second-order valence-corrected chi connectivity index (χ2v) is 4.42. The molecule has 1 aliphatic heterocycles. The molecule has 2 unspecified atom stereocenters. The fourth-order valence-corrected chi connectivity index (χ4v) is 2.30. The van der Waals surface area contributed by atoms with E-state index in [4.69, 9.17) is 4.74 Å². The predicted octanol–water partition coefficient (Wildman–Crippen LogP) is 2.55. The van der Waals surface area contributed by atoms with Crippen molar-refractivity contribution < 1.29 is 14.6 Å². The van der Waals surface area contributed by atoms with E-state index in [9.17, 15) is 9.90 Å². The van der Waals surface area contributed by atoms with Gasteiger partial charge in [-0.05, 0) is 24.5 Å². The maximum Gasteiger partial charge on any atom is 0.313 e. The van der Waals surface area contributed by atoms with Gasteiger partial charge in [0.15, 0.2) is 0 Å². The number of rotatable bonds is 2. The molecule has 2 rings (SSSR count). The topological polar surface area (TPSA) is 46.5 Å². The highest BCUT2D eigenvalue weighted by molar-refractivity contribution is 5.78.